The lowest BCUT2D eigenvalue weighted by Crippen LogP contribution is -2.31. The Morgan fingerprint density at radius 3 is 2.83 bits per heavy atom. The van der Waals surface area contributed by atoms with Crippen LogP contribution in [0.3, 0.4) is 0 Å². The fraction of sp³-hybridized carbons (Fsp3) is 0.235. The molecule has 1 amide bonds. The van der Waals surface area contributed by atoms with E-state index in [0.29, 0.717) is 16.3 Å². The molecule has 0 aliphatic carbocycles. The first kappa shape index (κ1) is 16.4. The number of hydrogen-bond donors (Lipinski definition) is 1. The van der Waals surface area contributed by atoms with Crippen molar-refractivity contribution < 1.29 is 9.21 Å². The molecule has 0 spiro atoms. The number of fused-ring (bicyclic) bond motifs is 1. The van der Waals surface area contributed by atoms with Crippen molar-refractivity contribution in [2.45, 2.75) is 19.9 Å². The average Bonchev–Trinajstić information content (AvgIpc) is 3.16. The van der Waals surface area contributed by atoms with E-state index in [0.717, 1.165) is 5.65 Å². The van der Waals surface area contributed by atoms with E-state index in [1.54, 1.807) is 18.2 Å². The normalized spacial score (nSPS) is 13.0. The number of rotatable bonds is 5. The van der Waals surface area contributed by atoms with Crippen LogP contribution in [-0.4, -0.2) is 20.5 Å². The number of pyridine rings is 1. The van der Waals surface area contributed by atoms with Gasteiger partial charge >= 0.3 is 0 Å². The number of nitrogens with zero attached hydrogens (tertiary/aromatic N) is 3. The highest BCUT2D eigenvalue weighted by Gasteiger charge is 2.22. The third-order valence-electron chi connectivity index (χ3n) is 3.58. The minimum absolute atomic E-state index is 0.160. The summed E-state index contributed by atoms with van der Waals surface area (Å²) in [5, 5.41) is 11.4. The van der Waals surface area contributed by atoms with Gasteiger partial charge in [-0.3, -0.25) is 9.20 Å². The highest BCUT2D eigenvalue weighted by Crippen LogP contribution is 2.21. The lowest BCUT2D eigenvalue weighted by molar-refractivity contribution is -0.117. The van der Waals surface area contributed by atoms with E-state index in [-0.39, 0.29) is 17.9 Å². The number of carbonyl (C=O) groups is 1. The van der Waals surface area contributed by atoms with Gasteiger partial charge in [0.25, 0.3) is 0 Å². The molecule has 0 fully saturated rings. The molecule has 3 rings (SSSR count). The lowest BCUT2D eigenvalue weighted by atomic mass is 10.0. The van der Waals surface area contributed by atoms with Gasteiger partial charge in [-0.05, 0) is 52.2 Å². The van der Waals surface area contributed by atoms with Crippen molar-refractivity contribution in [3.05, 3.63) is 58.9 Å². The summed E-state index contributed by atoms with van der Waals surface area (Å²) >= 11 is 3.23. The molecule has 0 aromatic carbocycles. The standard InChI is InChI=1S/C17H17BrN4O2/c1-11(2)16(17-21-20-14-5-3-4-10-22(14)17)19-15(23)9-7-12-6-8-13(18)24-12/h3-11,16H,1-2H3,(H,19,23)/b9-7+/t16-/m0/s1. The fourth-order valence-electron chi connectivity index (χ4n) is 2.38. The maximum Gasteiger partial charge on any atom is 0.244 e. The van der Waals surface area contributed by atoms with E-state index in [4.69, 9.17) is 4.42 Å². The Bertz CT molecular complexity index is 881. The number of nitrogens with one attached hydrogen (secondary N) is 1. The van der Waals surface area contributed by atoms with Crippen molar-refractivity contribution in [2.75, 3.05) is 0 Å². The van der Waals surface area contributed by atoms with Crippen LogP contribution in [0.15, 0.2) is 51.7 Å². The molecule has 0 bridgehead atoms. The quantitative estimate of drug-likeness (QED) is 0.677. The predicted molar refractivity (Wildman–Crippen MR) is 94.2 cm³/mol. The minimum atomic E-state index is -0.247. The van der Waals surface area contributed by atoms with Gasteiger partial charge in [0, 0.05) is 12.3 Å². The first-order valence-corrected chi connectivity index (χ1v) is 8.37. The second-order valence-corrected chi connectivity index (χ2v) is 6.47. The third kappa shape index (κ3) is 3.56. The van der Waals surface area contributed by atoms with Crippen molar-refractivity contribution in [3.63, 3.8) is 0 Å². The van der Waals surface area contributed by atoms with Crippen LogP contribution >= 0.6 is 15.9 Å². The van der Waals surface area contributed by atoms with Gasteiger partial charge in [0.2, 0.25) is 5.91 Å². The Labute approximate surface area is 147 Å². The molecule has 0 radical (unpaired) electrons. The van der Waals surface area contributed by atoms with Crippen LogP contribution in [-0.2, 0) is 4.79 Å². The number of furan rings is 1. The molecule has 3 aromatic heterocycles. The third-order valence-corrected chi connectivity index (χ3v) is 4.00. The molecular formula is C17H17BrN4O2. The summed E-state index contributed by atoms with van der Waals surface area (Å²) in [5.41, 5.74) is 0.753. The molecule has 3 aromatic rings. The van der Waals surface area contributed by atoms with E-state index in [1.807, 2.05) is 42.6 Å². The van der Waals surface area contributed by atoms with E-state index < -0.39 is 0 Å². The van der Waals surface area contributed by atoms with E-state index >= 15 is 0 Å². The van der Waals surface area contributed by atoms with Crippen LogP contribution in [0, 0.1) is 5.92 Å². The summed E-state index contributed by atoms with van der Waals surface area (Å²) in [6, 6.07) is 9.00. The van der Waals surface area contributed by atoms with Crippen LogP contribution in [0.5, 0.6) is 0 Å². The SMILES string of the molecule is CC(C)[C@H](NC(=O)/C=C/c1ccc(Br)o1)c1nnc2ccccn12. The Kier molecular flexibility index (Phi) is 4.80. The summed E-state index contributed by atoms with van der Waals surface area (Å²) in [6.07, 6.45) is 4.96. The fourth-order valence-corrected chi connectivity index (χ4v) is 2.70. The molecule has 0 saturated carbocycles. The van der Waals surface area contributed by atoms with E-state index in [9.17, 15) is 4.79 Å². The number of amides is 1. The zero-order chi connectivity index (χ0) is 17.1. The van der Waals surface area contributed by atoms with Crippen LogP contribution in [0.4, 0.5) is 0 Å². The molecular weight excluding hydrogens is 372 g/mol. The van der Waals surface area contributed by atoms with Gasteiger partial charge in [0.05, 0.1) is 6.04 Å². The maximum absolute atomic E-state index is 12.3. The first-order valence-electron chi connectivity index (χ1n) is 7.58. The summed E-state index contributed by atoms with van der Waals surface area (Å²) in [7, 11) is 0. The van der Waals surface area contributed by atoms with E-state index in [1.165, 1.54) is 6.08 Å². The Hall–Kier alpha value is -2.41. The van der Waals surface area contributed by atoms with Gasteiger partial charge in [0.1, 0.15) is 5.76 Å². The van der Waals surface area contributed by atoms with Crippen LogP contribution < -0.4 is 5.32 Å². The van der Waals surface area contributed by atoms with Crippen molar-refractivity contribution >= 4 is 33.6 Å². The molecule has 3 heterocycles. The molecule has 0 unspecified atom stereocenters. The minimum Gasteiger partial charge on any atom is -0.450 e. The number of aromatic nitrogens is 3. The summed E-state index contributed by atoms with van der Waals surface area (Å²) in [6.45, 7) is 4.06. The zero-order valence-electron chi connectivity index (χ0n) is 13.3. The summed E-state index contributed by atoms with van der Waals surface area (Å²) in [5.74, 6) is 1.26. The highest BCUT2D eigenvalue weighted by atomic mass is 79.9. The molecule has 0 saturated heterocycles. The second kappa shape index (κ2) is 7.00. The molecule has 0 aliphatic rings. The maximum atomic E-state index is 12.3. The smallest absolute Gasteiger partial charge is 0.244 e. The van der Waals surface area contributed by atoms with Gasteiger partial charge in [-0.15, -0.1) is 10.2 Å². The molecule has 1 N–H and O–H groups in total. The van der Waals surface area contributed by atoms with Gasteiger partial charge in [-0.1, -0.05) is 19.9 Å². The number of hydrogen-bond acceptors (Lipinski definition) is 4. The lowest BCUT2D eigenvalue weighted by Gasteiger charge is -2.20. The topological polar surface area (TPSA) is 72.4 Å². The zero-order valence-corrected chi connectivity index (χ0v) is 14.9. The van der Waals surface area contributed by atoms with Crippen molar-refractivity contribution in [1.29, 1.82) is 0 Å². The average molecular weight is 389 g/mol. The Morgan fingerprint density at radius 1 is 1.29 bits per heavy atom. The van der Waals surface area contributed by atoms with Crippen LogP contribution in [0.1, 0.15) is 31.5 Å². The molecule has 7 heteroatoms. The molecule has 124 valence electrons. The monoisotopic (exact) mass is 388 g/mol. The Morgan fingerprint density at radius 2 is 2.12 bits per heavy atom. The number of carbonyl (C=O) groups excluding carboxylic acids is 1. The predicted octanol–water partition coefficient (Wildman–Crippen LogP) is 3.61. The molecule has 6 nitrogen and oxygen atoms in total. The second-order valence-electron chi connectivity index (χ2n) is 5.69. The molecule has 0 aliphatic heterocycles. The Balaban J connectivity index is 1.79. The van der Waals surface area contributed by atoms with Gasteiger partial charge in [-0.2, -0.15) is 0 Å². The first-order chi connectivity index (χ1) is 11.5. The van der Waals surface area contributed by atoms with Crippen LogP contribution in [0.2, 0.25) is 0 Å². The number of halogens is 1. The van der Waals surface area contributed by atoms with Gasteiger partial charge in [-0.25, -0.2) is 0 Å². The van der Waals surface area contributed by atoms with Gasteiger partial charge in [0.15, 0.2) is 16.1 Å². The van der Waals surface area contributed by atoms with Crippen molar-refractivity contribution in [2.24, 2.45) is 5.92 Å². The van der Waals surface area contributed by atoms with Crippen molar-refractivity contribution in [3.8, 4) is 0 Å². The van der Waals surface area contributed by atoms with Gasteiger partial charge < -0.3 is 9.73 Å². The molecule has 24 heavy (non-hydrogen) atoms. The highest BCUT2D eigenvalue weighted by molar-refractivity contribution is 9.10. The van der Waals surface area contributed by atoms with Crippen LogP contribution in [0.25, 0.3) is 11.7 Å². The largest absolute Gasteiger partial charge is 0.450 e. The molecule has 1 atom stereocenters. The van der Waals surface area contributed by atoms with E-state index in [2.05, 4.69) is 31.4 Å². The summed E-state index contributed by atoms with van der Waals surface area (Å²) < 4.78 is 7.85. The van der Waals surface area contributed by atoms with Crippen molar-refractivity contribution in [1.82, 2.24) is 19.9 Å². The summed E-state index contributed by atoms with van der Waals surface area (Å²) in [4.78, 5) is 12.3.